The Bertz CT molecular complexity index is 687. The summed E-state index contributed by atoms with van der Waals surface area (Å²) in [6, 6.07) is 14.8. The number of hydrogen-bond acceptors (Lipinski definition) is 3. The van der Waals surface area contributed by atoms with Gasteiger partial charge in [0.25, 0.3) is 0 Å². The van der Waals surface area contributed by atoms with E-state index in [1.807, 2.05) is 18.2 Å². The highest BCUT2D eigenvalue weighted by Crippen LogP contribution is 2.20. The molecule has 2 rings (SSSR count). The summed E-state index contributed by atoms with van der Waals surface area (Å²) in [7, 11) is 0. The van der Waals surface area contributed by atoms with Crippen molar-refractivity contribution in [1.82, 2.24) is 4.90 Å². The van der Waals surface area contributed by atoms with Crippen LogP contribution in [0.3, 0.4) is 0 Å². The summed E-state index contributed by atoms with van der Waals surface area (Å²) in [6.07, 6.45) is 0. The van der Waals surface area contributed by atoms with Crippen molar-refractivity contribution in [2.24, 2.45) is 0 Å². The summed E-state index contributed by atoms with van der Waals surface area (Å²) < 4.78 is 13.6. The monoisotopic (exact) mass is 311 g/mol. The Morgan fingerprint density at radius 1 is 1.04 bits per heavy atom. The fourth-order valence-electron chi connectivity index (χ4n) is 2.55. The van der Waals surface area contributed by atoms with Crippen molar-refractivity contribution >= 4 is 5.69 Å². The maximum atomic E-state index is 13.6. The number of nitrogens with zero attached hydrogens (tertiary/aromatic N) is 2. The van der Waals surface area contributed by atoms with Gasteiger partial charge in [-0.3, -0.25) is 4.90 Å². The van der Waals surface area contributed by atoms with Gasteiger partial charge in [-0.2, -0.15) is 5.26 Å². The zero-order valence-electron chi connectivity index (χ0n) is 13.6. The minimum atomic E-state index is -0.492. The predicted octanol–water partition coefficient (Wildman–Crippen LogP) is 4.15. The molecule has 0 amide bonds. The number of benzene rings is 2. The van der Waals surface area contributed by atoms with Crippen LogP contribution in [0, 0.1) is 17.1 Å². The quantitative estimate of drug-likeness (QED) is 0.835. The first kappa shape index (κ1) is 17.0. The molecule has 0 saturated heterocycles. The second-order valence-corrected chi connectivity index (χ2v) is 5.36. The lowest BCUT2D eigenvalue weighted by atomic mass is 10.1. The first-order valence-corrected chi connectivity index (χ1v) is 7.91. The Balaban J connectivity index is 2.16. The maximum absolute atomic E-state index is 13.6. The normalized spacial score (nSPS) is 10.6. The number of nitriles is 1. The smallest absolute Gasteiger partial charge is 0.143 e. The zero-order valence-corrected chi connectivity index (χ0v) is 13.6. The minimum absolute atomic E-state index is 0.0636. The molecule has 2 aromatic carbocycles. The van der Waals surface area contributed by atoms with Crippen molar-refractivity contribution < 1.29 is 4.39 Å². The van der Waals surface area contributed by atoms with Crippen molar-refractivity contribution in [1.29, 1.82) is 5.26 Å². The summed E-state index contributed by atoms with van der Waals surface area (Å²) in [5.41, 5.74) is 3.00. The van der Waals surface area contributed by atoms with Crippen LogP contribution in [0.1, 0.15) is 30.5 Å². The molecular formula is C19H22FN3. The average Bonchev–Trinajstić information content (AvgIpc) is 2.58. The van der Waals surface area contributed by atoms with E-state index in [0.29, 0.717) is 12.2 Å². The van der Waals surface area contributed by atoms with E-state index < -0.39 is 5.82 Å². The average molecular weight is 311 g/mol. The molecule has 0 atom stereocenters. The van der Waals surface area contributed by atoms with Crippen LogP contribution in [-0.2, 0) is 13.1 Å². The fourth-order valence-corrected chi connectivity index (χ4v) is 2.55. The van der Waals surface area contributed by atoms with Crippen LogP contribution in [-0.4, -0.2) is 18.0 Å². The molecule has 0 bridgehead atoms. The molecule has 2 aromatic rings. The van der Waals surface area contributed by atoms with Gasteiger partial charge in [0.15, 0.2) is 0 Å². The van der Waals surface area contributed by atoms with E-state index in [1.165, 1.54) is 11.6 Å². The standard InChI is InChI=1S/C19H22FN3/c1-3-23(4-2)14-16-9-6-5-8-15(16)13-22-19-11-7-10-18(20)17(19)12-21/h5-11,22H,3-4,13-14H2,1-2H3. The molecule has 0 aliphatic carbocycles. The number of halogens is 1. The van der Waals surface area contributed by atoms with Gasteiger partial charge in [-0.05, 0) is 36.3 Å². The van der Waals surface area contributed by atoms with Crippen molar-refractivity contribution in [3.8, 4) is 6.07 Å². The van der Waals surface area contributed by atoms with Crippen molar-refractivity contribution in [3.63, 3.8) is 0 Å². The molecule has 0 aliphatic rings. The summed E-state index contributed by atoms with van der Waals surface area (Å²) in [5, 5.41) is 12.3. The molecule has 0 fully saturated rings. The van der Waals surface area contributed by atoms with Crippen molar-refractivity contribution in [2.75, 3.05) is 18.4 Å². The SMILES string of the molecule is CCN(CC)Cc1ccccc1CNc1cccc(F)c1C#N. The van der Waals surface area contributed by atoms with Gasteiger partial charge in [0, 0.05) is 13.1 Å². The molecule has 0 aromatic heterocycles. The van der Waals surface area contributed by atoms with Crippen LogP contribution in [0.2, 0.25) is 0 Å². The molecule has 4 heteroatoms. The maximum Gasteiger partial charge on any atom is 0.143 e. The summed E-state index contributed by atoms with van der Waals surface area (Å²) >= 11 is 0. The third-order valence-electron chi connectivity index (χ3n) is 4.00. The topological polar surface area (TPSA) is 39.1 Å². The largest absolute Gasteiger partial charge is 0.380 e. The molecule has 3 nitrogen and oxygen atoms in total. The van der Waals surface area contributed by atoms with Crippen LogP contribution in [0.15, 0.2) is 42.5 Å². The third-order valence-corrected chi connectivity index (χ3v) is 4.00. The van der Waals surface area contributed by atoms with Gasteiger partial charge < -0.3 is 5.32 Å². The van der Waals surface area contributed by atoms with Crippen molar-refractivity contribution in [2.45, 2.75) is 26.9 Å². The lowest BCUT2D eigenvalue weighted by Gasteiger charge is -2.20. The van der Waals surface area contributed by atoms with Crippen LogP contribution in [0.25, 0.3) is 0 Å². The van der Waals surface area contributed by atoms with E-state index in [-0.39, 0.29) is 5.56 Å². The molecule has 0 heterocycles. The molecule has 0 saturated carbocycles. The van der Waals surface area contributed by atoms with Crippen LogP contribution in [0.4, 0.5) is 10.1 Å². The number of hydrogen-bond donors (Lipinski definition) is 1. The molecular weight excluding hydrogens is 289 g/mol. The zero-order chi connectivity index (χ0) is 16.7. The van der Waals surface area contributed by atoms with E-state index in [4.69, 9.17) is 5.26 Å². The molecule has 23 heavy (non-hydrogen) atoms. The molecule has 1 N–H and O–H groups in total. The molecule has 0 radical (unpaired) electrons. The Morgan fingerprint density at radius 2 is 1.74 bits per heavy atom. The third kappa shape index (κ3) is 4.30. The van der Waals surface area contributed by atoms with Crippen molar-refractivity contribution in [3.05, 3.63) is 65.0 Å². The molecule has 120 valence electrons. The van der Waals surface area contributed by atoms with Gasteiger partial charge in [-0.25, -0.2) is 4.39 Å². The fraction of sp³-hybridized carbons (Fsp3) is 0.316. The molecule has 0 spiro atoms. The van der Waals surface area contributed by atoms with E-state index >= 15 is 0 Å². The number of rotatable bonds is 7. The summed E-state index contributed by atoms with van der Waals surface area (Å²) in [6.45, 7) is 7.75. The van der Waals surface area contributed by atoms with Gasteiger partial charge in [0.2, 0.25) is 0 Å². The first-order chi connectivity index (χ1) is 11.2. The summed E-state index contributed by atoms with van der Waals surface area (Å²) in [4.78, 5) is 2.35. The highest BCUT2D eigenvalue weighted by Gasteiger charge is 2.09. The number of anilines is 1. The first-order valence-electron chi connectivity index (χ1n) is 7.91. The number of nitrogens with one attached hydrogen (secondary N) is 1. The highest BCUT2D eigenvalue weighted by molar-refractivity contribution is 5.58. The van der Waals surface area contributed by atoms with E-state index in [0.717, 1.165) is 25.2 Å². The second kappa shape index (κ2) is 8.30. The van der Waals surface area contributed by atoms with Gasteiger partial charge in [-0.15, -0.1) is 0 Å². The molecule has 0 aliphatic heterocycles. The van der Waals surface area contributed by atoms with Gasteiger partial charge in [0.05, 0.1) is 5.69 Å². The van der Waals surface area contributed by atoms with Crippen LogP contribution < -0.4 is 5.32 Å². The van der Waals surface area contributed by atoms with E-state index in [1.54, 1.807) is 12.1 Å². The van der Waals surface area contributed by atoms with Gasteiger partial charge in [-0.1, -0.05) is 44.2 Å². The predicted molar refractivity (Wildman–Crippen MR) is 91.5 cm³/mol. The lowest BCUT2D eigenvalue weighted by molar-refractivity contribution is 0.295. The Labute approximate surface area is 137 Å². The van der Waals surface area contributed by atoms with E-state index in [2.05, 4.69) is 36.2 Å². The van der Waals surface area contributed by atoms with Gasteiger partial charge in [0.1, 0.15) is 17.4 Å². The van der Waals surface area contributed by atoms with Gasteiger partial charge >= 0.3 is 0 Å². The Kier molecular flexibility index (Phi) is 6.13. The highest BCUT2D eigenvalue weighted by atomic mass is 19.1. The van der Waals surface area contributed by atoms with Crippen LogP contribution in [0.5, 0.6) is 0 Å². The minimum Gasteiger partial charge on any atom is -0.380 e. The molecule has 0 unspecified atom stereocenters. The second-order valence-electron chi connectivity index (χ2n) is 5.36. The Morgan fingerprint density at radius 3 is 2.39 bits per heavy atom. The van der Waals surface area contributed by atoms with Crippen LogP contribution >= 0.6 is 0 Å². The summed E-state index contributed by atoms with van der Waals surface area (Å²) in [5.74, 6) is -0.492. The van der Waals surface area contributed by atoms with E-state index in [9.17, 15) is 4.39 Å². The Hall–Kier alpha value is -2.38. The lowest BCUT2D eigenvalue weighted by Crippen LogP contribution is -2.23.